The van der Waals surface area contributed by atoms with Gasteiger partial charge in [-0.05, 0) is 18.9 Å². The molecule has 1 aliphatic rings. The molecule has 104 valence electrons. The van der Waals surface area contributed by atoms with Gasteiger partial charge in [-0.3, -0.25) is 4.79 Å². The highest BCUT2D eigenvalue weighted by atomic mass is 35.5. The maximum absolute atomic E-state index is 13.6. The Labute approximate surface area is 116 Å². The van der Waals surface area contributed by atoms with E-state index in [1.807, 2.05) is 0 Å². The molecule has 0 saturated carbocycles. The van der Waals surface area contributed by atoms with Crippen LogP contribution in [0.1, 0.15) is 36.6 Å². The predicted octanol–water partition coefficient (Wildman–Crippen LogP) is 3.65. The summed E-state index contributed by atoms with van der Waals surface area (Å²) in [6.45, 7) is 1.32. The van der Waals surface area contributed by atoms with E-state index in [2.05, 4.69) is 0 Å². The first kappa shape index (κ1) is 14.3. The van der Waals surface area contributed by atoms with Crippen molar-refractivity contribution in [3.8, 4) is 0 Å². The van der Waals surface area contributed by atoms with Gasteiger partial charge in [-0.2, -0.15) is 0 Å². The van der Waals surface area contributed by atoms with Crippen molar-refractivity contribution < 1.29 is 13.6 Å². The van der Waals surface area contributed by atoms with Gasteiger partial charge in [0.15, 0.2) is 0 Å². The van der Waals surface area contributed by atoms with Gasteiger partial charge in [-0.25, -0.2) is 8.78 Å². The number of rotatable bonds is 2. The van der Waals surface area contributed by atoms with E-state index in [0.29, 0.717) is 13.1 Å². The molecule has 1 aliphatic heterocycles. The molecule has 0 radical (unpaired) electrons. The second-order valence-corrected chi connectivity index (χ2v) is 5.20. The molecule has 1 atom stereocenters. The van der Waals surface area contributed by atoms with Gasteiger partial charge in [0, 0.05) is 24.7 Å². The molecule has 19 heavy (non-hydrogen) atoms. The largest absolute Gasteiger partial charge is 0.341 e. The van der Waals surface area contributed by atoms with Gasteiger partial charge in [0.05, 0.1) is 0 Å². The molecule has 0 aliphatic carbocycles. The molecule has 0 bridgehead atoms. The number of halogens is 3. The van der Waals surface area contributed by atoms with Gasteiger partial charge in [0.2, 0.25) is 5.91 Å². The smallest absolute Gasteiger partial charge is 0.245 e. The maximum Gasteiger partial charge on any atom is 0.245 e. The van der Waals surface area contributed by atoms with Gasteiger partial charge in [-0.15, -0.1) is 11.6 Å². The number of amides is 1. The third-order valence-electron chi connectivity index (χ3n) is 3.37. The van der Waals surface area contributed by atoms with E-state index in [1.54, 1.807) is 4.90 Å². The summed E-state index contributed by atoms with van der Waals surface area (Å²) in [6, 6.07) is 3.10. The van der Waals surface area contributed by atoms with E-state index in [1.165, 1.54) is 6.07 Å². The number of nitrogens with zero attached hydrogens (tertiary/aromatic N) is 1. The van der Waals surface area contributed by atoms with Gasteiger partial charge in [-0.1, -0.05) is 18.9 Å². The van der Waals surface area contributed by atoms with E-state index >= 15 is 0 Å². The summed E-state index contributed by atoms with van der Waals surface area (Å²) in [4.78, 5) is 13.9. The summed E-state index contributed by atoms with van der Waals surface area (Å²) >= 11 is 6.05. The second-order valence-electron chi connectivity index (χ2n) is 4.77. The van der Waals surface area contributed by atoms with Crippen molar-refractivity contribution in [1.29, 1.82) is 0 Å². The molecular formula is C14H16ClF2NO. The van der Waals surface area contributed by atoms with Crippen LogP contribution in [0.2, 0.25) is 0 Å². The molecule has 1 aromatic carbocycles. The molecule has 1 amide bonds. The topological polar surface area (TPSA) is 20.3 Å². The normalized spacial score (nSPS) is 17.9. The zero-order valence-electron chi connectivity index (χ0n) is 10.5. The lowest BCUT2D eigenvalue weighted by atomic mass is 10.1. The van der Waals surface area contributed by atoms with Crippen LogP contribution < -0.4 is 0 Å². The Balaban J connectivity index is 2.13. The highest BCUT2D eigenvalue weighted by molar-refractivity contribution is 6.30. The van der Waals surface area contributed by atoms with Crippen molar-refractivity contribution in [2.24, 2.45) is 0 Å². The summed E-state index contributed by atoms with van der Waals surface area (Å²) in [6.07, 6.45) is 4.09. The zero-order chi connectivity index (χ0) is 13.8. The monoisotopic (exact) mass is 287 g/mol. The van der Waals surface area contributed by atoms with Crippen LogP contribution in [-0.4, -0.2) is 23.9 Å². The molecule has 0 aromatic heterocycles. The van der Waals surface area contributed by atoms with Crippen molar-refractivity contribution in [1.82, 2.24) is 4.90 Å². The van der Waals surface area contributed by atoms with Crippen molar-refractivity contribution >= 4 is 17.5 Å². The number of carbonyl (C=O) groups is 1. The van der Waals surface area contributed by atoms with Crippen molar-refractivity contribution in [2.45, 2.75) is 31.1 Å². The van der Waals surface area contributed by atoms with Crippen LogP contribution in [0.25, 0.3) is 0 Å². The average Bonchev–Trinajstić information content (AvgIpc) is 2.66. The van der Waals surface area contributed by atoms with Crippen LogP contribution >= 0.6 is 11.6 Å². The highest BCUT2D eigenvalue weighted by Crippen LogP contribution is 2.27. The number of alkyl halides is 1. The van der Waals surface area contributed by atoms with E-state index in [0.717, 1.165) is 37.8 Å². The average molecular weight is 288 g/mol. The minimum absolute atomic E-state index is 0.0392. The third-order valence-corrected chi connectivity index (χ3v) is 3.79. The quantitative estimate of drug-likeness (QED) is 0.761. The zero-order valence-corrected chi connectivity index (χ0v) is 11.3. The van der Waals surface area contributed by atoms with Crippen LogP contribution in [0.3, 0.4) is 0 Å². The minimum atomic E-state index is -1.08. The molecule has 2 rings (SSSR count). The minimum Gasteiger partial charge on any atom is -0.341 e. The summed E-state index contributed by atoms with van der Waals surface area (Å²) < 4.78 is 26.5. The lowest BCUT2D eigenvalue weighted by Gasteiger charge is -2.23. The summed E-state index contributed by atoms with van der Waals surface area (Å²) in [7, 11) is 0. The first-order valence-electron chi connectivity index (χ1n) is 6.47. The molecule has 1 unspecified atom stereocenters. The molecule has 0 N–H and O–H groups in total. The number of likely N-dealkylation sites (tertiary alicyclic amines) is 1. The Morgan fingerprint density at radius 1 is 1.16 bits per heavy atom. The molecule has 1 aromatic rings. The van der Waals surface area contributed by atoms with E-state index < -0.39 is 17.0 Å². The van der Waals surface area contributed by atoms with Gasteiger partial charge in [0.1, 0.15) is 17.0 Å². The highest BCUT2D eigenvalue weighted by Gasteiger charge is 2.26. The maximum atomic E-state index is 13.6. The fourth-order valence-electron chi connectivity index (χ4n) is 2.29. The predicted molar refractivity (Wildman–Crippen MR) is 70.0 cm³/mol. The van der Waals surface area contributed by atoms with Crippen LogP contribution in [0.15, 0.2) is 18.2 Å². The number of carbonyl (C=O) groups excluding carboxylic acids is 1. The summed E-state index contributed by atoms with van der Waals surface area (Å²) in [5.41, 5.74) is 0.0392. The van der Waals surface area contributed by atoms with Crippen molar-refractivity contribution in [3.05, 3.63) is 35.4 Å². The molecule has 1 fully saturated rings. The van der Waals surface area contributed by atoms with Crippen LogP contribution in [0.4, 0.5) is 8.78 Å². The Kier molecular flexibility index (Phi) is 4.75. The lowest BCUT2D eigenvalue weighted by molar-refractivity contribution is -0.130. The van der Waals surface area contributed by atoms with Crippen LogP contribution in [-0.2, 0) is 4.79 Å². The van der Waals surface area contributed by atoms with Crippen molar-refractivity contribution in [2.75, 3.05) is 13.1 Å². The van der Waals surface area contributed by atoms with Gasteiger partial charge >= 0.3 is 0 Å². The number of hydrogen-bond acceptors (Lipinski definition) is 1. The summed E-state index contributed by atoms with van der Waals surface area (Å²) in [5.74, 6) is -1.75. The SMILES string of the molecule is O=C(C(Cl)c1ccc(F)cc1F)N1CCCCCC1. The van der Waals surface area contributed by atoms with E-state index in [9.17, 15) is 13.6 Å². The summed E-state index contributed by atoms with van der Waals surface area (Å²) in [5, 5.41) is -1.08. The Bertz CT molecular complexity index is 459. The molecule has 1 heterocycles. The Morgan fingerprint density at radius 2 is 1.79 bits per heavy atom. The van der Waals surface area contributed by atoms with Gasteiger partial charge < -0.3 is 4.90 Å². The first-order chi connectivity index (χ1) is 9.09. The van der Waals surface area contributed by atoms with Gasteiger partial charge in [0.25, 0.3) is 0 Å². The van der Waals surface area contributed by atoms with Crippen molar-refractivity contribution in [3.63, 3.8) is 0 Å². The van der Waals surface area contributed by atoms with E-state index in [4.69, 9.17) is 11.6 Å². The standard InChI is InChI=1S/C14H16ClF2NO/c15-13(11-6-5-10(16)9-12(11)17)14(19)18-7-3-1-2-4-8-18/h5-6,9,13H,1-4,7-8H2. The Morgan fingerprint density at radius 3 is 2.37 bits per heavy atom. The lowest BCUT2D eigenvalue weighted by Crippen LogP contribution is -2.34. The first-order valence-corrected chi connectivity index (χ1v) is 6.91. The molecule has 0 spiro atoms. The molecular weight excluding hydrogens is 272 g/mol. The number of hydrogen-bond donors (Lipinski definition) is 0. The molecule has 2 nitrogen and oxygen atoms in total. The van der Waals surface area contributed by atoms with Crippen LogP contribution in [0, 0.1) is 11.6 Å². The third kappa shape index (κ3) is 3.44. The second kappa shape index (κ2) is 6.33. The fourth-order valence-corrected chi connectivity index (χ4v) is 2.61. The molecule has 5 heteroatoms. The number of benzene rings is 1. The molecule has 1 saturated heterocycles. The van der Waals surface area contributed by atoms with Crippen LogP contribution in [0.5, 0.6) is 0 Å². The van der Waals surface area contributed by atoms with E-state index in [-0.39, 0.29) is 11.5 Å². The fraction of sp³-hybridized carbons (Fsp3) is 0.500. The Hall–Kier alpha value is -1.16.